The molecule has 0 aliphatic heterocycles. The van der Waals surface area contributed by atoms with E-state index < -0.39 is 5.82 Å². The number of hydrogen-bond donors (Lipinski definition) is 2. The Kier molecular flexibility index (Phi) is 11.6. The van der Waals surface area contributed by atoms with E-state index in [1.165, 1.54) is 6.07 Å². The zero-order valence-electron chi connectivity index (χ0n) is 19.5. The number of aryl methyl sites for hydroxylation is 1. The second-order valence-electron chi connectivity index (χ2n) is 7.84. The fourth-order valence-corrected chi connectivity index (χ4v) is 3.64. The summed E-state index contributed by atoms with van der Waals surface area (Å²) in [5.74, 6) is 0.295. The first-order valence-corrected chi connectivity index (χ1v) is 10.7. The van der Waals surface area contributed by atoms with Gasteiger partial charge in [0.25, 0.3) is 6.47 Å². The van der Waals surface area contributed by atoms with Gasteiger partial charge in [-0.05, 0) is 48.6 Å². The number of aliphatic hydroxyl groups is 1. The number of carboxylic acid groups (broad SMARTS) is 1. The van der Waals surface area contributed by atoms with Crippen LogP contribution in [0.4, 0.5) is 10.1 Å². The summed E-state index contributed by atoms with van der Waals surface area (Å²) in [5, 5.41) is 17.0. The molecule has 2 aromatic carbocycles. The second-order valence-corrected chi connectivity index (χ2v) is 8.25. The number of anilines is 1. The third-order valence-electron chi connectivity index (χ3n) is 5.13. The van der Waals surface area contributed by atoms with Crippen LogP contribution in [0, 0.1) is 18.7 Å². The Morgan fingerprint density at radius 1 is 1.24 bits per heavy atom. The summed E-state index contributed by atoms with van der Waals surface area (Å²) in [5.41, 5.74) is 3.58. The molecule has 2 rings (SSSR count). The lowest BCUT2D eigenvalue weighted by Gasteiger charge is -2.34. The highest BCUT2D eigenvalue weighted by molar-refractivity contribution is 6.30. The van der Waals surface area contributed by atoms with Crippen LogP contribution in [0.25, 0.3) is 0 Å². The van der Waals surface area contributed by atoms with E-state index in [-0.39, 0.29) is 30.1 Å². The predicted octanol–water partition coefficient (Wildman–Crippen LogP) is 5.01. The van der Waals surface area contributed by atoms with Crippen molar-refractivity contribution in [3.05, 3.63) is 69.6 Å². The number of methoxy groups -OCH3 is 1. The molecule has 33 heavy (non-hydrogen) atoms. The lowest BCUT2D eigenvalue weighted by Crippen LogP contribution is -2.39. The van der Waals surface area contributed by atoms with E-state index in [0.29, 0.717) is 23.3 Å². The molecule has 0 spiro atoms. The van der Waals surface area contributed by atoms with Gasteiger partial charge in [0.05, 0.1) is 24.8 Å². The Labute approximate surface area is 199 Å². The molecule has 1 atom stereocenters. The van der Waals surface area contributed by atoms with Crippen LogP contribution in [0.15, 0.2) is 42.1 Å². The fraction of sp³-hybridized carbons (Fsp3) is 0.360. The SMILES string of the molecule is COc1cc(N(/C=C(/C)C=O)C(CO)C(C)C)c(C)cc1Cc1cccc(Cl)c1F.O=CO. The molecule has 6 nitrogen and oxygen atoms in total. The van der Waals surface area contributed by atoms with Crippen LogP contribution in [0.3, 0.4) is 0 Å². The summed E-state index contributed by atoms with van der Waals surface area (Å²) in [6, 6.07) is 8.53. The number of benzene rings is 2. The van der Waals surface area contributed by atoms with Gasteiger partial charge in [0, 0.05) is 29.9 Å². The summed E-state index contributed by atoms with van der Waals surface area (Å²) >= 11 is 5.92. The molecule has 0 heterocycles. The van der Waals surface area contributed by atoms with E-state index in [4.69, 9.17) is 26.2 Å². The molecule has 180 valence electrons. The zero-order chi connectivity index (χ0) is 25.1. The monoisotopic (exact) mass is 479 g/mol. The van der Waals surface area contributed by atoms with Gasteiger partial charge < -0.3 is 19.8 Å². The van der Waals surface area contributed by atoms with Crippen molar-refractivity contribution in [1.29, 1.82) is 0 Å². The van der Waals surface area contributed by atoms with Crippen molar-refractivity contribution < 1.29 is 28.9 Å². The minimum Gasteiger partial charge on any atom is -0.496 e. The Hall–Kier alpha value is -2.90. The molecular formula is C25H31ClFNO5. The summed E-state index contributed by atoms with van der Waals surface area (Å²) in [7, 11) is 1.56. The van der Waals surface area contributed by atoms with Crippen molar-refractivity contribution in [3.8, 4) is 5.75 Å². The van der Waals surface area contributed by atoms with Crippen molar-refractivity contribution in [2.24, 2.45) is 5.92 Å². The second kappa shape index (κ2) is 13.6. The predicted molar refractivity (Wildman–Crippen MR) is 129 cm³/mol. The van der Waals surface area contributed by atoms with Crippen molar-refractivity contribution in [2.45, 2.75) is 40.2 Å². The van der Waals surface area contributed by atoms with Gasteiger partial charge in [0.15, 0.2) is 0 Å². The molecule has 0 aromatic heterocycles. The van der Waals surface area contributed by atoms with E-state index in [9.17, 15) is 14.3 Å². The van der Waals surface area contributed by atoms with Crippen LogP contribution in [0.5, 0.6) is 5.75 Å². The highest BCUT2D eigenvalue weighted by Crippen LogP contribution is 2.34. The highest BCUT2D eigenvalue weighted by atomic mass is 35.5. The van der Waals surface area contributed by atoms with Gasteiger partial charge in [-0.2, -0.15) is 0 Å². The summed E-state index contributed by atoms with van der Waals surface area (Å²) in [6.07, 6.45) is 2.85. The average molecular weight is 480 g/mol. The summed E-state index contributed by atoms with van der Waals surface area (Å²) in [6.45, 7) is 7.37. The number of aliphatic hydroxyl groups excluding tert-OH is 1. The number of ether oxygens (including phenoxy) is 1. The molecule has 0 radical (unpaired) electrons. The van der Waals surface area contributed by atoms with Crippen molar-refractivity contribution >= 4 is 30.0 Å². The molecular weight excluding hydrogens is 449 g/mol. The average Bonchev–Trinajstić information content (AvgIpc) is 2.77. The summed E-state index contributed by atoms with van der Waals surface area (Å²) in [4.78, 5) is 21.5. The topological polar surface area (TPSA) is 87.1 Å². The number of carbonyl (C=O) groups is 2. The summed E-state index contributed by atoms with van der Waals surface area (Å²) < 4.78 is 20.0. The number of nitrogens with zero attached hydrogens (tertiary/aromatic N) is 1. The van der Waals surface area contributed by atoms with E-state index in [1.807, 2.05) is 37.8 Å². The maximum absolute atomic E-state index is 14.4. The fourth-order valence-electron chi connectivity index (χ4n) is 3.45. The van der Waals surface area contributed by atoms with Gasteiger partial charge in [-0.1, -0.05) is 37.6 Å². The van der Waals surface area contributed by atoms with Crippen LogP contribution in [-0.2, 0) is 16.0 Å². The van der Waals surface area contributed by atoms with E-state index in [2.05, 4.69) is 0 Å². The maximum atomic E-state index is 14.4. The van der Waals surface area contributed by atoms with Crippen LogP contribution in [0.1, 0.15) is 37.5 Å². The lowest BCUT2D eigenvalue weighted by molar-refractivity contribution is -0.122. The molecule has 0 saturated carbocycles. The first kappa shape index (κ1) is 28.1. The van der Waals surface area contributed by atoms with Gasteiger partial charge >= 0.3 is 0 Å². The third-order valence-corrected chi connectivity index (χ3v) is 5.42. The number of allylic oxidation sites excluding steroid dienone is 1. The van der Waals surface area contributed by atoms with Crippen molar-refractivity contribution in [2.75, 3.05) is 18.6 Å². The number of rotatable bonds is 9. The van der Waals surface area contributed by atoms with Crippen molar-refractivity contribution in [1.82, 2.24) is 0 Å². The molecule has 8 heteroatoms. The Morgan fingerprint density at radius 2 is 1.88 bits per heavy atom. The first-order chi connectivity index (χ1) is 15.6. The largest absolute Gasteiger partial charge is 0.496 e. The number of hydrogen-bond acceptors (Lipinski definition) is 5. The van der Waals surface area contributed by atoms with Crippen LogP contribution in [0.2, 0.25) is 5.02 Å². The zero-order valence-corrected chi connectivity index (χ0v) is 20.3. The molecule has 1 unspecified atom stereocenters. The molecule has 0 amide bonds. The van der Waals surface area contributed by atoms with Crippen LogP contribution >= 0.6 is 11.6 Å². The maximum Gasteiger partial charge on any atom is 0.290 e. The van der Waals surface area contributed by atoms with Crippen molar-refractivity contribution in [3.63, 3.8) is 0 Å². The van der Waals surface area contributed by atoms with E-state index in [1.54, 1.807) is 32.4 Å². The highest BCUT2D eigenvalue weighted by Gasteiger charge is 2.23. The smallest absolute Gasteiger partial charge is 0.290 e. The van der Waals surface area contributed by atoms with E-state index in [0.717, 1.165) is 23.1 Å². The Balaban J connectivity index is 0.00000172. The van der Waals surface area contributed by atoms with Crippen LogP contribution < -0.4 is 9.64 Å². The normalized spacial score (nSPS) is 12.0. The van der Waals surface area contributed by atoms with Crippen LogP contribution in [-0.4, -0.2) is 42.7 Å². The number of aldehydes is 1. The molecule has 0 saturated heterocycles. The lowest BCUT2D eigenvalue weighted by atomic mass is 9.97. The molecule has 0 aliphatic rings. The molecule has 0 bridgehead atoms. The number of halogens is 2. The van der Waals surface area contributed by atoms with Gasteiger partial charge in [0.1, 0.15) is 17.9 Å². The third kappa shape index (κ3) is 7.58. The molecule has 0 fully saturated rings. The first-order valence-electron chi connectivity index (χ1n) is 10.4. The van der Waals surface area contributed by atoms with E-state index >= 15 is 0 Å². The molecule has 2 N–H and O–H groups in total. The Bertz CT molecular complexity index is 978. The molecule has 0 aliphatic carbocycles. The van der Waals surface area contributed by atoms with Gasteiger partial charge in [-0.15, -0.1) is 0 Å². The standard InChI is InChI=1S/C24H29ClFNO3.CH2O2/c1-15(2)22(14-29)27(12-16(3)13-28)21-11-23(30-5)19(9-17(21)4)10-18-7-6-8-20(25)24(18)26;2-1-3/h6-9,11-13,15,22,29H,10,14H2,1-5H3;1H,(H,2,3)/b16-12-;. The quantitative estimate of drug-likeness (QED) is 0.388. The number of carbonyl (C=O) groups excluding carboxylic acids is 1. The van der Waals surface area contributed by atoms with Gasteiger partial charge in [-0.25, -0.2) is 4.39 Å². The minimum atomic E-state index is -0.436. The van der Waals surface area contributed by atoms with Gasteiger partial charge in [0.2, 0.25) is 0 Å². The van der Waals surface area contributed by atoms with Gasteiger partial charge in [-0.3, -0.25) is 9.59 Å². The molecule has 2 aromatic rings. The minimum absolute atomic E-state index is 0.0719. The Morgan fingerprint density at radius 3 is 2.39 bits per heavy atom.